The lowest BCUT2D eigenvalue weighted by Gasteiger charge is -2.30. The molecule has 1 aromatic heterocycles. The fraction of sp³-hybridized carbons (Fsp3) is 0.714. The summed E-state index contributed by atoms with van der Waals surface area (Å²) in [6.45, 7) is 7.69. The number of nitrogens with two attached hydrogens (primary N) is 1. The van der Waals surface area contributed by atoms with Crippen molar-refractivity contribution in [3.8, 4) is 5.88 Å². The van der Waals surface area contributed by atoms with Crippen LogP contribution in [0.2, 0.25) is 0 Å². The summed E-state index contributed by atoms with van der Waals surface area (Å²) in [5.41, 5.74) is 6.60. The van der Waals surface area contributed by atoms with Crippen LogP contribution in [0.25, 0.3) is 0 Å². The third kappa shape index (κ3) is 5.02. The minimum Gasteiger partial charge on any atom is -0.473 e. The summed E-state index contributed by atoms with van der Waals surface area (Å²) in [5, 5.41) is 0. The molecule has 0 saturated carbocycles. The Kier molecular flexibility index (Phi) is 7.18. The number of aromatic nitrogens is 2. The van der Waals surface area contributed by atoms with Crippen molar-refractivity contribution in [1.82, 2.24) is 9.97 Å². The van der Waals surface area contributed by atoms with Crippen LogP contribution in [0, 0.1) is 0 Å². The van der Waals surface area contributed by atoms with Crippen molar-refractivity contribution in [2.24, 2.45) is 0 Å². The highest BCUT2D eigenvalue weighted by Gasteiger charge is 2.21. The molecule has 0 aliphatic rings. The minimum atomic E-state index is -0.00104. The van der Waals surface area contributed by atoms with E-state index in [0.717, 1.165) is 0 Å². The van der Waals surface area contributed by atoms with Crippen molar-refractivity contribution < 1.29 is 14.2 Å². The van der Waals surface area contributed by atoms with Gasteiger partial charge in [-0.3, -0.25) is 0 Å². The van der Waals surface area contributed by atoms with Gasteiger partial charge in [-0.25, -0.2) is 4.98 Å². The van der Waals surface area contributed by atoms with Gasteiger partial charge < -0.3 is 24.8 Å². The number of ether oxygens (including phenoxy) is 3. The standard InChI is InChI=1S/C14H26N4O3/c1-10(2)21-14-12(15)13(16-9-17-14)18(6-7-19-4)11(3)8-20-5/h9-11H,6-8,15H2,1-5H3. The zero-order valence-corrected chi connectivity index (χ0v) is 13.5. The number of hydrogen-bond acceptors (Lipinski definition) is 7. The van der Waals surface area contributed by atoms with Crippen LogP contribution >= 0.6 is 0 Å². The third-order valence-electron chi connectivity index (χ3n) is 2.92. The van der Waals surface area contributed by atoms with E-state index in [0.29, 0.717) is 37.1 Å². The number of methoxy groups -OCH3 is 2. The van der Waals surface area contributed by atoms with Crippen LogP contribution in [0.4, 0.5) is 11.5 Å². The Balaban J connectivity index is 3.05. The number of hydrogen-bond donors (Lipinski definition) is 1. The molecule has 7 nitrogen and oxygen atoms in total. The minimum absolute atomic E-state index is 0.00104. The van der Waals surface area contributed by atoms with Crippen LogP contribution in [-0.2, 0) is 9.47 Å². The van der Waals surface area contributed by atoms with Crippen molar-refractivity contribution in [3.05, 3.63) is 6.33 Å². The predicted octanol–water partition coefficient (Wildman–Crippen LogP) is 1.33. The number of nitrogen functional groups attached to an aromatic ring is 1. The van der Waals surface area contributed by atoms with Gasteiger partial charge in [-0.2, -0.15) is 4.98 Å². The number of rotatable bonds is 9. The molecule has 120 valence electrons. The Morgan fingerprint density at radius 3 is 2.48 bits per heavy atom. The molecule has 1 rings (SSSR count). The quantitative estimate of drug-likeness (QED) is 0.736. The van der Waals surface area contributed by atoms with Gasteiger partial charge in [-0.05, 0) is 20.8 Å². The lowest BCUT2D eigenvalue weighted by molar-refractivity contribution is 0.170. The van der Waals surface area contributed by atoms with Gasteiger partial charge in [0, 0.05) is 20.8 Å². The van der Waals surface area contributed by atoms with Gasteiger partial charge in [0.15, 0.2) is 5.82 Å². The van der Waals surface area contributed by atoms with E-state index in [2.05, 4.69) is 9.97 Å². The summed E-state index contributed by atoms with van der Waals surface area (Å²) in [6, 6.07) is 0.106. The highest BCUT2D eigenvalue weighted by Crippen LogP contribution is 2.29. The van der Waals surface area contributed by atoms with Gasteiger partial charge >= 0.3 is 0 Å². The summed E-state index contributed by atoms with van der Waals surface area (Å²) in [5.74, 6) is 1.05. The van der Waals surface area contributed by atoms with Crippen LogP contribution in [0.1, 0.15) is 20.8 Å². The second-order valence-corrected chi connectivity index (χ2v) is 5.07. The highest BCUT2D eigenvalue weighted by molar-refractivity contribution is 5.68. The first kappa shape index (κ1) is 17.5. The second-order valence-electron chi connectivity index (χ2n) is 5.07. The average molecular weight is 298 g/mol. The monoisotopic (exact) mass is 298 g/mol. The molecule has 2 N–H and O–H groups in total. The number of nitrogens with zero attached hydrogens (tertiary/aromatic N) is 3. The van der Waals surface area contributed by atoms with Crippen molar-refractivity contribution in [3.63, 3.8) is 0 Å². The first-order valence-corrected chi connectivity index (χ1v) is 7.02. The van der Waals surface area contributed by atoms with E-state index < -0.39 is 0 Å². The molecular formula is C14H26N4O3. The summed E-state index contributed by atoms with van der Waals surface area (Å²) >= 11 is 0. The zero-order valence-electron chi connectivity index (χ0n) is 13.5. The summed E-state index contributed by atoms with van der Waals surface area (Å²) < 4.78 is 16.0. The van der Waals surface area contributed by atoms with Gasteiger partial charge in [-0.15, -0.1) is 0 Å². The van der Waals surface area contributed by atoms with Crippen molar-refractivity contribution in [1.29, 1.82) is 0 Å². The fourth-order valence-electron chi connectivity index (χ4n) is 1.97. The molecule has 0 spiro atoms. The molecule has 0 fully saturated rings. The average Bonchev–Trinajstić information content (AvgIpc) is 2.43. The Hall–Kier alpha value is -1.60. The molecule has 0 radical (unpaired) electrons. The molecule has 1 heterocycles. The van der Waals surface area contributed by atoms with Crippen LogP contribution in [0.15, 0.2) is 6.33 Å². The summed E-state index contributed by atoms with van der Waals surface area (Å²) in [4.78, 5) is 10.4. The fourth-order valence-corrected chi connectivity index (χ4v) is 1.97. The molecule has 0 aliphatic carbocycles. The van der Waals surface area contributed by atoms with Gasteiger partial charge in [0.1, 0.15) is 12.0 Å². The lowest BCUT2D eigenvalue weighted by atomic mass is 10.2. The van der Waals surface area contributed by atoms with Crippen molar-refractivity contribution in [2.45, 2.75) is 32.9 Å². The van der Waals surface area contributed by atoms with E-state index in [-0.39, 0.29) is 12.1 Å². The summed E-state index contributed by atoms with van der Waals surface area (Å²) in [6.07, 6.45) is 1.46. The van der Waals surface area contributed by atoms with E-state index in [1.54, 1.807) is 14.2 Å². The maximum absolute atomic E-state index is 6.16. The SMILES string of the molecule is COCCN(c1ncnc(OC(C)C)c1N)C(C)COC. The highest BCUT2D eigenvalue weighted by atomic mass is 16.5. The Morgan fingerprint density at radius 1 is 1.19 bits per heavy atom. The molecular weight excluding hydrogens is 272 g/mol. The molecule has 0 amide bonds. The first-order valence-electron chi connectivity index (χ1n) is 7.02. The second kappa shape index (κ2) is 8.63. The maximum Gasteiger partial charge on any atom is 0.242 e. The molecule has 0 saturated heterocycles. The molecule has 0 aliphatic heterocycles. The van der Waals surface area contributed by atoms with Crippen LogP contribution < -0.4 is 15.4 Å². The topological polar surface area (TPSA) is 82.7 Å². The normalized spacial score (nSPS) is 12.5. The van der Waals surface area contributed by atoms with Crippen LogP contribution in [0.5, 0.6) is 5.88 Å². The Morgan fingerprint density at radius 2 is 1.90 bits per heavy atom. The van der Waals surface area contributed by atoms with Gasteiger partial charge in [0.05, 0.1) is 25.4 Å². The van der Waals surface area contributed by atoms with E-state index in [1.807, 2.05) is 25.7 Å². The van der Waals surface area contributed by atoms with E-state index >= 15 is 0 Å². The van der Waals surface area contributed by atoms with Crippen molar-refractivity contribution >= 4 is 11.5 Å². The Bertz CT molecular complexity index is 429. The molecule has 21 heavy (non-hydrogen) atoms. The Labute approximate surface area is 126 Å². The van der Waals surface area contributed by atoms with Gasteiger partial charge in [0.2, 0.25) is 5.88 Å². The summed E-state index contributed by atoms with van der Waals surface area (Å²) in [7, 11) is 3.33. The maximum atomic E-state index is 6.16. The van der Waals surface area contributed by atoms with E-state index in [4.69, 9.17) is 19.9 Å². The molecule has 1 aromatic rings. The van der Waals surface area contributed by atoms with E-state index in [1.165, 1.54) is 6.33 Å². The zero-order chi connectivity index (χ0) is 15.8. The largest absolute Gasteiger partial charge is 0.473 e. The van der Waals surface area contributed by atoms with Crippen LogP contribution in [-0.4, -0.2) is 56.1 Å². The van der Waals surface area contributed by atoms with Crippen molar-refractivity contribution in [2.75, 3.05) is 44.6 Å². The van der Waals surface area contributed by atoms with Crippen LogP contribution in [0.3, 0.4) is 0 Å². The first-order chi connectivity index (χ1) is 10.0. The number of anilines is 2. The lowest BCUT2D eigenvalue weighted by Crippen LogP contribution is -2.39. The molecule has 1 atom stereocenters. The molecule has 1 unspecified atom stereocenters. The van der Waals surface area contributed by atoms with E-state index in [9.17, 15) is 0 Å². The predicted molar refractivity (Wildman–Crippen MR) is 82.8 cm³/mol. The molecule has 7 heteroatoms. The van der Waals surface area contributed by atoms with Gasteiger partial charge in [0.25, 0.3) is 0 Å². The third-order valence-corrected chi connectivity index (χ3v) is 2.92. The van der Waals surface area contributed by atoms with Gasteiger partial charge in [-0.1, -0.05) is 0 Å². The smallest absolute Gasteiger partial charge is 0.242 e. The molecule has 0 bridgehead atoms. The molecule has 0 aromatic carbocycles.